The Hall–Kier alpha value is -0.450. The number of thiazole rings is 1. The van der Waals surface area contributed by atoms with Gasteiger partial charge in [-0.25, -0.2) is 0 Å². The zero-order valence-electron chi connectivity index (χ0n) is 10.1. The molecular formula is C12H21N3S. The van der Waals surface area contributed by atoms with Gasteiger partial charge in [-0.3, -0.25) is 4.98 Å². The Labute approximate surface area is 102 Å². The quantitative estimate of drug-likeness (QED) is 0.854. The first-order valence-corrected chi connectivity index (χ1v) is 7.00. The molecule has 90 valence electrons. The average molecular weight is 239 g/mol. The van der Waals surface area contributed by atoms with Crippen LogP contribution in [0.1, 0.15) is 37.6 Å². The standard InChI is InChI=1S/C12H21N3S/c1-10(8-15-5-3-4-6-15)14-11(2)12-7-13-9-16-12/h7,9-11,14H,3-6,8H2,1-2H3. The number of hydrogen-bond acceptors (Lipinski definition) is 4. The summed E-state index contributed by atoms with van der Waals surface area (Å²) in [6.07, 6.45) is 4.71. The lowest BCUT2D eigenvalue weighted by Crippen LogP contribution is -2.38. The molecule has 0 bridgehead atoms. The van der Waals surface area contributed by atoms with Gasteiger partial charge in [0.2, 0.25) is 0 Å². The summed E-state index contributed by atoms with van der Waals surface area (Å²) in [4.78, 5) is 8.00. The first kappa shape index (κ1) is 12.0. The Kier molecular flexibility index (Phi) is 4.32. The third-order valence-electron chi connectivity index (χ3n) is 3.14. The van der Waals surface area contributed by atoms with Gasteiger partial charge in [0.1, 0.15) is 0 Å². The maximum absolute atomic E-state index is 4.12. The molecule has 0 radical (unpaired) electrons. The van der Waals surface area contributed by atoms with Crippen LogP contribution < -0.4 is 5.32 Å². The first-order valence-electron chi connectivity index (χ1n) is 6.12. The molecule has 1 aliphatic heterocycles. The summed E-state index contributed by atoms with van der Waals surface area (Å²) < 4.78 is 0. The van der Waals surface area contributed by atoms with E-state index in [-0.39, 0.29) is 0 Å². The van der Waals surface area contributed by atoms with Crippen LogP contribution in [0, 0.1) is 0 Å². The Bertz CT molecular complexity index is 293. The minimum Gasteiger partial charge on any atom is -0.306 e. The number of hydrogen-bond donors (Lipinski definition) is 1. The molecular weight excluding hydrogens is 218 g/mol. The molecule has 2 atom stereocenters. The molecule has 1 aromatic heterocycles. The lowest BCUT2D eigenvalue weighted by atomic mass is 10.2. The Morgan fingerprint density at radius 2 is 2.19 bits per heavy atom. The molecule has 0 aromatic carbocycles. The maximum atomic E-state index is 4.12. The van der Waals surface area contributed by atoms with Crippen LogP contribution in [0.15, 0.2) is 11.7 Å². The van der Waals surface area contributed by atoms with Crippen molar-refractivity contribution in [3.8, 4) is 0 Å². The van der Waals surface area contributed by atoms with E-state index in [9.17, 15) is 0 Å². The molecule has 2 unspecified atom stereocenters. The molecule has 0 spiro atoms. The summed E-state index contributed by atoms with van der Waals surface area (Å²) >= 11 is 1.73. The van der Waals surface area contributed by atoms with Gasteiger partial charge in [-0.1, -0.05) is 0 Å². The fourth-order valence-corrected chi connectivity index (χ4v) is 2.99. The van der Waals surface area contributed by atoms with E-state index in [2.05, 4.69) is 29.0 Å². The van der Waals surface area contributed by atoms with E-state index < -0.39 is 0 Å². The monoisotopic (exact) mass is 239 g/mol. The van der Waals surface area contributed by atoms with Gasteiger partial charge in [-0.15, -0.1) is 11.3 Å². The second-order valence-corrected chi connectivity index (χ2v) is 5.62. The van der Waals surface area contributed by atoms with Crippen LogP contribution in [-0.2, 0) is 0 Å². The molecule has 2 heterocycles. The van der Waals surface area contributed by atoms with Crippen LogP contribution in [-0.4, -0.2) is 35.6 Å². The number of rotatable bonds is 5. The molecule has 0 aliphatic carbocycles. The van der Waals surface area contributed by atoms with Crippen molar-refractivity contribution in [1.82, 2.24) is 15.2 Å². The van der Waals surface area contributed by atoms with E-state index in [0.717, 1.165) is 0 Å². The zero-order chi connectivity index (χ0) is 11.4. The molecule has 16 heavy (non-hydrogen) atoms. The van der Waals surface area contributed by atoms with Crippen LogP contribution in [0.2, 0.25) is 0 Å². The van der Waals surface area contributed by atoms with Crippen molar-refractivity contribution in [2.24, 2.45) is 0 Å². The SMILES string of the molecule is CC(CN1CCCC1)NC(C)c1cncs1. The van der Waals surface area contributed by atoms with Gasteiger partial charge in [0, 0.05) is 29.7 Å². The van der Waals surface area contributed by atoms with E-state index >= 15 is 0 Å². The highest BCUT2D eigenvalue weighted by Crippen LogP contribution is 2.17. The average Bonchev–Trinajstić information content (AvgIpc) is 2.88. The fraction of sp³-hybridized carbons (Fsp3) is 0.750. The molecule has 1 saturated heterocycles. The molecule has 2 rings (SSSR count). The molecule has 1 N–H and O–H groups in total. The smallest absolute Gasteiger partial charge is 0.0794 e. The summed E-state index contributed by atoms with van der Waals surface area (Å²) in [5, 5.41) is 3.64. The van der Waals surface area contributed by atoms with Crippen molar-refractivity contribution >= 4 is 11.3 Å². The summed E-state index contributed by atoms with van der Waals surface area (Å²) in [7, 11) is 0. The highest BCUT2D eigenvalue weighted by Gasteiger charge is 2.16. The normalized spacial score (nSPS) is 21.1. The number of nitrogens with zero attached hydrogens (tertiary/aromatic N) is 2. The minimum absolute atomic E-state index is 0.421. The summed E-state index contributed by atoms with van der Waals surface area (Å²) in [5.74, 6) is 0. The minimum atomic E-state index is 0.421. The highest BCUT2D eigenvalue weighted by atomic mass is 32.1. The number of nitrogens with one attached hydrogen (secondary N) is 1. The van der Waals surface area contributed by atoms with E-state index in [0.29, 0.717) is 12.1 Å². The molecule has 4 heteroatoms. The zero-order valence-corrected chi connectivity index (χ0v) is 11.0. The Morgan fingerprint density at radius 1 is 1.44 bits per heavy atom. The summed E-state index contributed by atoms with van der Waals surface area (Å²) in [6.45, 7) is 8.22. The van der Waals surface area contributed by atoms with Crippen LogP contribution in [0.3, 0.4) is 0 Å². The van der Waals surface area contributed by atoms with Crippen molar-refractivity contribution in [1.29, 1.82) is 0 Å². The number of aromatic nitrogens is 1. The largest absolute Gasteiger partial charge is 0.306 e. The van der Waals surface area contributed by atoms with Crippen molar-refractivity contribution in [3.05, 3.63) is 16.6 Å². The van der Waals surface area contributed by atoms with Crippen molar-refractivity contribution in [2.75, 3.05) is 19.6 Å². The van der Waals surface area contributed by atoms with Gasteiger partial charge in [-0.05, 0) is 39.8 Å². The van der Waals surface area contributed by atoms with Crippen molar-refractivity contribution < 1.29 is 0 Å². The van der Waals surface area contributed by atoms with Gasteiger partial charge in [-0.2, -0.15) is 0 Å². The molecule has 1 aliphatic rings. The number of likely N-dealkylation sites (tertiary alicyclic amines) is 1. The van der Waals surface area contributed by atoms with Crippen LogP contribution in [0.4, 0.5) is 0 Å². The summed E-state index contributed by atoms with van der Waals surface area (Å²) in [6, 6.07) is 0.973. The fourth-order valence-electron chi connectivity index (χ4n) is 2.35. The molecule has 1 aromatic rings. The highest BCUT2D eigenvalue weighted by molar-refractivity contribution is 7.09. The lowest BCUT2D eigenvalue weighted by molar-refractivity contribution is 0.290. The predicted octanol–water partition coefficient (Wildman–Crippen LogP) is 2.28. The molecule has 0 saturated carbocycles. The van der Waals surface area contributed by atoms with Crippen LogP contribution in [0.5, 0.6) is 0 Å². The van der Waals surface area contributed by atoms with Crippen molar-refractivity contribution in [2.45, 2.75) is 38.8 Å². The summed E-state index contributed by atoms with van der Waals surface area (Å²) in [5.41, 5.74) is 1.90. The van der Waals surface area contributed by atoms with Gasteiger partial charge in [0.25, 0.3) is 0 Å². The molecule has 1 fully saturated rings. The third-order valence-corrected chi connectivity index (χ3v) is 4.10. The second-order valence-electron chi connectivity index (χ2n) is 4.70. The van der Waals surface area contributed by atoms with E-state index in [1.54, 1.807) is 11.3 Å². The predicted molar refractivity (Wildman–Crippen MR) is 68.8 cm³/mol. The lowest BCUT2D eigenvalue weighted by Gasteiger charge is -2.24. The van der Waals surface area contributed by atoms with Gasteiger partial charge in [0.15, 0.2) is 0 Å². The topological polar surface area (TPSA) is 28.2 Å². The molecule has 0 amide bonds. The van der Waals surface area contributed by atoms with Gasteiger partial charge >= 0.3 is 0 Å². The second kappa shape index (κ2) is 5.75. The molecule has 3 nitrogen and oxygen atoms in total. The Morgan fingerprint density at radius 3 is 2.81 bits per heavy atom. The van der Waals surface area contributed by atoms with Gasteiger partial charge in [0.05, 0.1) is 5.51 Å². The van der Waals surface area contributed by atoms with Crippen molar-refractivity contribution in [3.63, 3.8) is 0 Å². The van der Waals surface area contributed by atoms with E-state index in [4.69, 9.17) is 0 Å². The maximum Gasteiger partial charge on any atom is 0.0794 e. The van der Waals surface area contributed by atoms with E-state index in [1.165, 1.54) is 37.4 Å². The van der Waals surface area contributed by atoms with E-state index in [1.807, 2.05) is 11.7 Å². The van der Waals surface area contributed by atoms with Crippen LogP contribution in [0.25, 0.3) is 0 Å². The van der Waals surface area contributed by atoms with Crippen LogP contribution >= 0.6 is 11.3 Å². The van der Waals surface area contributed by atoms with Gasteiger partial charge < -0.3 is 10.2 Å². The first-order chi connectivity index (χ1) is 7.75. The Balaban J connectivity index is 1.75. The third kappa shape index (κ3) is 3.27.